The van der Waals surface area contributed by atoms with Crippen LogP contribution in [0.15, 0.2) is 18.2 Å². The third-order valence-corrected chi connectivity index (χ3v) is 5.46. The number of nitrogens with one attached hydrogen (secondary N) is 3. The molecule has 31 heavy (non-hydrogen) atoms. The Bertz CT molecular complexity index is 880. The van der Waals surface area contributed by atoms with E-state index in [1.807, 2.05) is 6.07 Å². The van der Waals surface area contributed by atoms with Gasteiger partial charge in [-0.25, -0.2) is 0 Å². The molecule has 11 heteroatoms. The number of thiocarbonyl (C=S) groups is 1. The van der Waals surface area contributed by atoms with E-state index in [0.717, 1.165) is 31.9 Å². The SMILES string of the molecule is Cc1ccc(NC(=S)NNc2nc(N3CCOCC3)nc(N3CCOCC3)n2)cc1C. The van der Waals surface area contributed by atoms with Crippen molar-refractivity contribution in [3.05, 3.63) is 29.3 Å². The molecular formula is C20H28N8O2S. The van der Waals surface area contributed by atoms with E-state index >= 15 is 0 Å². The van der Waals surface area contributed by atoms with Crippen molar-refractivity contribution in [3.63, 3.8) is 0 Å². The quantitative estimate of drug-likeness (QED) is 0.462. The first-order valence-electron chi connectivity index (χ1n) is 10.4. The highest BCUT2D eigenvalue weighted by Gasteiger charge is 2.20. The second kappa shape index (κ2) is 10.0. The number of ether oxygens (including phenoxy) is 2. The number of benzene rings is 1. The first-order chi connectivity index (χ1) is 15.1. The second-order valence-electron chi connectivity index (χ2n) is 7.46. The Balaban J connectivity index is 1.46. The Morgan fingerprint density at radius 2 is 1.45 bits per heavy atom. The second-order valence-corrected chi connectivity index (χ2v) is 7.87. The molecule has 0 saturated carbocycles. The van der Waals surface area contributed by atoms with Gasteiger partial charge in [0.1, 0.15) is 0 Å². The molecule has 0 aliphatic carbocycles. The van der Waals surface area contributed by atoms with E-state index in [4.69, 9.17) is 26.7 Å². The van der Waals surface area contributed by atoms with Gasteiger partial charge in [-0.15, -0.1) is 0 Å². The van der Waals surface area contributed by atoms with Gasteiger partial charge in [0.05, 0.1) is 26.4 Å². The summed E-state index contributed by atoms with van der Waals surface area (Å²) < 4.78 is 10.9. The molecule has 2 fully saturated rings. The van der Waals surface area contributed by atoms with Crippen LogP contribution < -0.4 is 26.0 Å². The average Bonchev–Trinajstić information content (AvgIpc) is 2.81. The lowest BCUT2D eigenvalue weighted by atomic mass is 10.1. The van der Waals surface area contributed by atoms with Gasteiger partial charge in [-0.2, -0.15) is 15.0 Å². The van der Waals surface area contributed by atoms with Gasteiger partial charge in [0, 0.05) is 31.9 Å². The lowest BCUT2D eigenvalue weighted by Crippen LogP contribution is -2.40. The maximum absolute atomic E-state index is 5.46. The minimum atomic E-state index is 0.405. The molecule has 2 aliphatic rings. The molecule has 0 amide bonds. The maximum Gasteiger partial charge on any atom is 0.248 e. The fourth-order valence-corrected chi connectivity index (χ4v) is 3.48. The van der Waals surface area contributed by atoms with E-state index in [2.05, 4.69) is 61.9 Å². The van der Waals surface area contributed by atoms with Gasteiger partial charge >= 0.3 is 0 Å². The molecule has 2 aliphatic heterocycles. The van der Waals surface area contributed by atoms with E-state index in [0.29, 0.717) is 49.4 Å². The fraction of sp³-hybridized carbons (Fsp3) is 0.500. The van der Waals surface area contributed by atoms with Crippen molar-refractivity contribution in [2.75, 3.05) is 73.1 Å². The van der Waals surface area contributed by atoms with E-state index in [1.54, 1.807) is 0 Å². The molecule has 0 unspecified atom stereocenters. The molecule has 10 nitrogen and oxygen atoms in total. The summed E-state index contributed by atoms with van der Waals surface area (Å²) in [5.41, 5.74) is 9.34. The number of anilines is 4. The van der Waals surface area contributed by atoms with Crippen molar-refractivity contribution in [2.45, 2.75) is 13.8 Å². The Morgan fingerprint density at radius 1 is 0.871 bits per heavy atom. The lowest BCUT2D eigenvalue weighted by molar-refractivity contribution is 0.121. The normalized spacial score (nSPS) is 16.7. The highest BCUT2D eigenvalue weighted by atomic mass is 32.1. The van der Waals surface area contributed by atoms with Crippen molar-refractivity contribution in [2.24, 2.45) is 0 Å². The predicted octanol–water partition coefficient (Wildman–Crippen LogP) is 1.48. The zero-order chi connectivity index (χ0) is 21.6. The van der Waals surface area contributed by atoms with Gasteiger partial charge in [0.2, 0.25) is 17.8 Å². The summed E-state index contributed by atoms with van der Waals surface area (Å²) in [6.07, 6.45) is 0. The van der Waals surface area contributed by atoms with Crippen molar-refractivity contribution in [1.29, 1.82) is 0 Å². The zero-order valence-corrected chi connectivity index (χ0v) is 18.7. The van der Waals surface area contributed by atoms with Gasteiger partial charge in [0.15, 0.2) is 5.11 Å². The van der Waals surface area contributed by atoms with Crippen molar-refractivity contribution >= 4 is 40.9 Å². The minimum Gasteiger partial charge on any atom is -0.378 e. The zero-order valence-electron chi connectivity index (χ0n) is 17.8. The summed E-state index contributed by atoms with van der Waals surface area (Å²) in [6.45, 7) is 9.74. The molecule has 0 radical (unpaired) electrons. The number of hydrazine groups is 1. The predicted molar refractivity (Wildman–Crippen MR) is 125 cm³/mol. The number of hydrogen-bond acceptors (Lipinski definition) is 9. The topological polar surface area (TPSA) is 99.7 Å². The van der Waals surface area contributed by atoms with E-state index in [9.17, 15) is 0 Å². The molecule has 0 atom stereocenters. The smallest absolute Gasteiger partial charge is 0.248 e. The Kier molecular flexibility index (Phi) is 6.95. The summed E-state index contributed by atoms with van der Waals surface area (Å²) in [5, 5.41) is 3.59. The van der Waals surface area contributed by atoms with Crippen molar-refractivity contribution in [3.8, 4) is 0 Å². The third-order valence-electron chi connectivity index (χ3n) is 5.25. The van der Waals surface area contributed by atoms with Gasteiger partial charge < -0.3 is 24.6 Å². The molecule has 166 valence electrons. The van der Waals surface area contributed by atoms with Crippen LogP contribution in [0.5, 0.6) is 0 Å². The molecule has 0 spiro atoms. The summed E-state index contributed by atoms with van der Waals surface area (Å²) in [5.74, 6) is 1.65. The Labute approximate surface area is 187 Å². The van der Waals surface area contributed by atoms with Crippen LogP contribution in [0.4, 0.5) is 23.5 Å². The molecule has 3 heterocycles. The van der Waals surface area contributed by atoms with Gasteiger partial charge in [-0.3, -0.25) is 10.9 Å². The first-order valence-corrected chi connectivity index (χ1v) is 10.8. The van der Waals surface area contributed by atoms with E-state index in [1.165, 1.54) is 11.1 Å². The number of aromatic nitrogens is 3. The van der Waals surface area contributed by atoms with Crippen LogP contribution in [0.1, 0.15) is 11.1 Å². The van der Waals surface area contributed by atoms with Crippen molar-refractivity contribution in [1.82, 2.24) is 20.4 Å². The van der Waals surface area contributed by atoms with Gasteiger partial charge in [-0.05, 0) is 49.3 Å². The lowest BCUT2D eigenvalue weighted by Gasteiger charge is -2.30. The summed E-state index contributed by atoms with van der Waals surface area (Å²) in [4.78, 5) is 18.1. The Hall–Kier alpha value is -2.76. The highest BCUT2D eigenvalue weighted by Crippen LogP contribution is 2.18. The number of morpholine rings is 2. The van der Waals surface area contributed by atoms with Crippen LogP contribution in [0.25, 0.3) is 0 Å². The minimum absolute atomic E-state index is 0.405. The Morgan fingerprint density at radius 3 is 2.00 bits per heavy atom. The van der Waals surface area contributed by atoms with Crippen LogP contribution in [0.3, 0.4) is 0 Å². The first kappa shape index (κ1) is 21.5. The number of rotatable bonds is 5. The molecule has 4 rings (SSSR count). The molecule has 2 saturated heterocycles. The number of hydrogen-bond donors (Lipinski definition) is 3. The molecular weight excluding hydrogens is 416 g/mol. The van der Waals surface area contributed by atoms with Gasteiger partial charge in [0.25, 0.3) is 0 Å². The van der Waals surface area contributed by atoms with Crippen LogP contribution in [-0.2, 0) is 9.47 Å². The van der Waals surface area contributed by atoms with Crippen LogP contribution in [0, 0.1) is 13.8 Å². The fourth-order valence-electron chi connectivity index (χ4n) is 3.31. The van der Waals surface area contributed by atoms with Crippen LogP contribution in [-0.4, -0.2) is 72.7 Å². The van der Waals surface area contributed by atoms with E-state index < -0.39 is 0 Å². The third kappa shape index (κ3) is 5.69. The molecule has 1 aromatic carbocycles. The van der Waals surface area contributed by atoms with Gasteiger partial charge in [-0.1, -0.05) is 6.07 Å². The van der Waals surface area contributed by atoms with E-state index in [-0.39, 0.29) is 0 Å². The summed E-state index contributed by atoms with van der Waals surface area (Å²) in [7, 11) is 0. The summed E-state index contributed by atoms with van der Waals surface area (Å²) in [6, 6.07) is 6.11. The molecule has 0 bridgehead atoms. The molecule has 1 aromatic heterocycles. The average molecular weight is 445 g/mol. The highest BCUT2D eigenvalue weighted by molar-refractivity contribution is 7.80. The molecule has 3 N–H and O–H groups in total. The standard InChI is InChI=1S/C20H28N8O2S/c1-14-3-4-16(13-15(14)2)21-20(31)26-25-17-22-18(27-5-9-29-10-6-27)24-19(23-17)28-7-11-30-12-8-28/h3-4,13H,5-12H2,1-2H3,(H2,21,26,31)(H,22,23,24,25). The number of aryl methyl sites for hydroxylation is 2. The van der Waals surface area contributed by atoms with Crippen molar-refractivity contribution < 1.29 is 9.47 Å². The van der Waals surface area contributed by atoms with Crippen LogP contribution >= 0.6 is 12.2 Å². The largest absolute Gasteiger partial charge is 0.378 e. The maximum atomic E-state index is 5.46. The summed E-state index contributed by atoms with van der Waals surface area (Å²) >= 11 is 5.42. The molecule has 2 aromatic rings. The number of nitrogens with zero attached hydrogens (tertiary/aromatic N) is 5. The monoisotopic (exact) mass is 444 g/mol. The van der Waals surface area contributed by atoms with Crippen LogP contribution in [0.2, 0.25) is 0 Å².